The van der Waals surface area contributed by atoms with Crippen LogP contribution in [0.3, 0.4) is 0 Å². The van der Waals surface area contributed by atoms with Crippen LogP contribution in [0.5, 0.6) is 0 Å². The quantitative estimate of drug-likeness (QED) is 0.665. The highest BCUT2D eigenvalue weighted by molar-refractivity contribution is 5.81. The summed E-state index contributed by atoms with van der Waals surface area (Å²) < 4.78 is 0. The van der Waals surface area contributed by atoms with Crippen LogP contribution in [0, 0.1) is 5.92 Å². The Hall–Kier alpha value is -0.570. The average Bonchev–Trinajstić information content (AvgIpc) is 2.36. The first kappa shape index (κ1) is 17.4. The second-order valence-corrected chi connectivity index (χ2v) is 5.28. The van der Waals surface area contributed by atoms with E-state index in [4.69, 9.17) is 0 Å². The Morgan fingerprint density at radius 2 is 1.44 bits per heavy atom. The molecule has 18 heavy (non-hydrogen) atoms. The number of carbonyl (C=O) groups is 1. The molecule has 0 aromatic rings. The maximum atomic E-state index is 12.0. The zero-order valence-corrected chi connectivity index (χ0v) is 13.0. The first-order valence-corrected chi connectivity index (χ1v) is 7.56. The molecule has 1 amide bonds. The third-order valence-electron chi connectivity index (χ3n) is 3.99. The summed E-state index contributed by atoms with van der Waals surface area (Å²) in [6, 6.07) is 0.592. The third kappa shape index (κ3) is 5.85. The Labute approximate surface area is 113 Å². The molecule has 2 N–H and O–H groups in total. The second-order valence-electron chi connectivity index (χ2n) is 5.28. The fourth-order valence-electron chi connectivity index (χ4n) is 2.42. The van der Waals surface area contributed by atoms with E-state index < -0.39 is 0 Å². The van der Waals surface area contributed by atoms with Crippen molar-refractivity contribution in [3.63, 3.8) is 0 Å². The van der Waals surface area contributed by atoms with Crippen LogP contribution in [-0.2, 0) is 4.79 Å². The van der Waals surface area contributed by atoms with Crippen LogP contribution in [0.4, 0.5) is 0 Å². The zero-order valence-electron chi connectivity index (χ0n) is 13.0. The van der Waals surface area contributed by atoms with E-state index in [1.807, 2.05) is 6.92 Å². The summed E-state index contributed by atoms with van der Waals surface area (Å²) in [5.74, 6) is 0.773. The van der Waals surface area contributed by atoms with E-state index in [-0.39, 0.29) is 11.9 Å². The van der Waals surface area contributed by atoms with Gasteiger partial charge in [-0.3, -0.25) is 4.79 Å². The van der Waals surface area contributed by atoms with Gasteiger partial charge in [-0.2, -0.15) is 0 Å². The Balaban J connectivity index is 4.22. The highest BCUT2D eigenvalue weighted by atomic mass is 16.2. The predicted molar refractivity (Wildman–Crippen MR) is 78.6 cm³/mol. The molecule has 0 radical (unpaired) electrons. The van der Waals surface area contributed by atoms with E-state index in [2.05, 4.69) is 45.3 Å². The molecule has 3 heteroatoms. The van der Waals surface area contributed by atoms with Crippen LogP contribution in [0.2, 0.25) is 0 Å². The molecule has 0 aliphatic carbocycles. The van der Waals surface area contributed by atoms with Gasteiger partial charge in [-0.25, -0.2) is 0 Å². The van der Waals surface area contributed by atoms with Crippen LogP contribution in [0.1, 0.15) is 67.2 Å². The second kappa shape index (κ2) is 9.37. The van der Waals surface area contributed by atoms with E-state index in [0.717, 1.165) is 25.7 Å². The lowest BCUT2D eigenvalue weighted by Gasteiger charge is -2.27. The summed E-state index contributed by atoms with van der Waals surface area (Å²) in [6.45, 7) is 12.8. The molecule has 0 spiro atoms. The van der Waals surface area contributed by atoms with Crippen molar-refractivity contribution < 1.29 is 4.79 Å². The number of hydrogen-bond acceptors (Lipinski definition) is 2. The van der Waals surface area contributed by atoms with Gasteiger partial charge < -0.3 is 10.6 Å². The molecule has 0 saturated heterocycles. The molecule has 0 heterocycles. The molecule has 0 aromatic heterocycles. The Morgan fingerprint density at radius 3 is 1.83 bits per heavy atom. The van der Waals surface area contributed by atoms with Crippen molar-refractivity contribution in [2.75, 3.05) is 0 Å². The zero-order chi connectivity index (χ0) is 14.1. The van der Waals surface area contributed by atoms with Crippen molar-refractivity contribution in [2.24, 2.45) is 5.92 Å². The van der Waals surface area contributed by atoms with Gasteiger partial charge >= 0.3 is 0 Å². The smallest absolute Gasteiger partial charge is 0.237 e. The van der Waals surface area contributed by atoms with Crippen molar-refractivity contribution in [1.29, 1.82) is 0 Å². The lowest BCUT2D eigenvalue weighted by atomic mass is 9.95. The molecular formula is C15H32N2O. The number of hydrogen-bond donors (Lipinski definition) is 2. The van der Waals surface area contributed by atoms with Gasteiger partial charge in [0.15, 0.2) is 0 Å². The molecule has 108 valence electrons. The standard InChI is InChI=1S/C15H32N2O/c1-7-13(8-2)11(5)16-12(6)15(18)17-14(9-3)10-4/h11-14,16H,7-10H2,1-6H3,(H,17,18). The van der Waals surface area contributed by atoms with Gasteiger partial charge in [0.1, 0.15) is 0 Å². The van der Waals surface area contributed by atoms with Crippen molar-refractivity contribution >= 4 is 5.91 Å². The molecular weight excluding hydrogens is 224 g/mol. The van der Waals surface area contributed by atoms with E-state index in [0.29, 0.717) is 18.0 Å². The number of rotatable bonds is 9. The van der Waals surface area contributed by atoms with Crippen LogP contribution in [0.15, 0.2) is 0 Å². The van der Waals surface area contributed by atoms with Crippen molar-refractivity contribution in [3.8, 4) is 0 Å². The molecule has 2 atom stereocenters. The van der Waals surface area contributed by atoms with Gasteiger partial charge in [0, 0.05) is 12.1 Å². The summed E-state index contributed by atoms with van der Waals surface area (Å²) in [5, 5.41) is 6.52. The van der Waals surface area contributed by atoms with Gasteiger partial charge in [-0.1, -0.05) is 40.5 Å². The molecule has 2 unspecified atom stereocenters. The maximum Gasteiger partial charge on any atom is 0.237 e. The van der Waals surface area contributed by atoms with E-state index >= 15 is 0 Å². The topological polar surface area (TPSA) is 41.1 Å². The minimum Gasteiger partial charge on any atom is -0.352 e. The van der Waals surface area contributed by atoms with Gasteiger partial charge in [0.05, 0.1) is 6.04 Å². The number of carbonyl (C=O) groups excluding carboxylic acids is 1. The van der Waals surface area contributed by atoms with Gasteiger partial charge in [-0.05, 0) is 32.6 Å². The van der Waals surface area contributed by atoms with Crippen LogP contribution < -0.4 is 10.6 Å². The highest BCUT2D eigenvalue weighted by Crippen LogP contribution is 2.13. The minimum absolute atomic E-state index is 0.110. The summed E-state index contributed by atoms with van der Waals surface area (Å²) in [5.41, 5.74) is 0. The Bertz CT molecular complexity index is 223. The summed E-state index contributed by atoms with van der Waals surface area (Å²) in [6.07, 6.45) is 4.31. The predicted octanol–water partition coefficient (Wildman–Crippen LogP) is 3.09. The highest BCUT2D eigenvalue weighted by Gasteiger charge is 2.20. The van der Waals surface area contributed by atoms with Gasteiger partial charge in [0.25, 0.3) is 0 Å². The van der Waals surface area contributed by atoms with Crippen LogP contribution >= 0.6 is 0 Å². The minimum atomic E-state index is -0.110. The van der Waals surface area contributed by atoms with Crippen LogP contribution in [-0.4, -0.2) is 24.0 Å². The number of amides is 1. The first-order valence-electron chi connectivity index (χ1n) is 7.56. The molecule has 0 aliphatic heterocycles. The maximum absolute atomic E-state index is 12.0. The fourth-order valence-corrected chi connectivity index (χ4v) is 2.42. The first-order chi connectivity index (χ1) is 8.49. The van der Waals surface area contributed by atoms with Gasteiger partial charge in [-0.15, -0.1) is 0 Å². The molecule has 0 bridgehead atoms. The molecule has 0 rings (SSSR count). The number of nitrogens with one attached hydrogen (secondary N) is 2. The SMILES string of the molecule is CCC(CC)NC(=O)C(C)NC(C)C(CC)CC. The molecule has 0 fully saturated rings. The van der Waals surface area contributed by atoms with Gasteiger partial charge in [0.2, 0.25) is 5.91 Å². The lowest BCUT2D eigenvalue weighted by molar-refractivity contribution is -0.123. The average molecular weight is 256 g/mol. The van der Waals surface area contributed by atoms with Crippen molar-refractivity contribution in [1.82, 2.24) is 10.6 Å². The normalized spacial score (nSPS) is 14.9. The fraction of sp³-hybridized carbons (Fsp3) is 0.933. The summed E-state index contributed by atoms with van der Waals surface area (Å²) >= 11 is 0. The Kier molecular flexibility index (Phi) is 9.08. The monoisotopic (exact) mass is 256 g/mol. The van der Waals surface area contributed by atoms with Crippen LogP contribution in [0.25, 0.3) is 0 Å². The third-order valence-corrected chi connectivity index (χ3v) is 3.99. The summed E-state index contributed by atoms with van der Waals surface area (Å²) in [4.78, 5) is 12.0. The van der Waals surface area contributed by atoms with E-state index in [9.17, 15) is 4.79 Å². The largest absolute Gasteiger partial charge is 0.352 e. The van der Waals surface area contributed by atoms with E-state index in [1.165, 1.54) is 0 Å². The van der Waals surface area contributed by atoms with Crippen molar-refractivity contribution in [3.05, 3.63) is 0 Å². The lowest BCUT2D eigenvalue weighted by Crippen LogP contribution is -2.50. The van der Waals surface area contributed by atoms with Crippen molar-refractivity contribution in [2.45, 2.75) is 85.4 Å². The molecule has 0 saturated carbocycles. The summed E-state index contributed by atoms with van der Waals surface area (Å²) in [7, 11) is 0. The molecule has 3 nitrogen and oxygen atoms in total. The molecule has 0 aromatic carbocycles. The molecule has 0 aliphatic rings. The Morgan fingerprint density at radius 1 is 0.944 bits per heavy atom. The van der Waals surface area contributed by atoms with E-state index in [1.54, 1.807) is 0 Å².